The van der Waals surface area contributed by atoms with Crippen molar-refractivity contribution in [2.24, 2.45) is 14.1 Å². The van der Waals surface area contributed by atoms with E-state index >= 15 is 0 Å². The number of aryl methyl sites for hydroxylation is 1. The van der Waals surface area contributed by atoms with E-state index in [1.807, 2.05) is 12.1 Å². The lowest BCUT2D eigenvalue weighted by atomic mass is 10.1. The lowest BCUT2D eigenvalue weighted by molar-refractivity contribution is 0.102. The lowest BCUT2D eigenvalue weighted by Crippen LogP contribution is -2.37. The number of carbonyl (C=O) groups is 1. The summed E-state index contributed by atoms with van der Waals surface area (Å²) >= 11 is 0. The Kier molecular flexibility index (Phi) is 6.17. The summed E-state index contributed by atoms with van der Waals surface area (Å²) in [7, 11) is 2.96. The molecule has 0 aliphatic carbocycles. The van der Waals surface area contributed by atoms with Gasteiger partial charge in [0, 0.05) is 32.2 Å². The molecule has 2 aromatic heterocycles. The van der Waals surface area contributed by atoms with Gasteiger partial charge in [-0.25, -0.2) is 9.78 Å². The van der Waals surface area contributed by atoms with Crippen molar-refractivity contribution in [1.82, 2.24) is 19.0 Å². The highest BCUT2D eigenvalue weighted by Crippen LogP contribution is 2.15. The van der Waals surface area contributed by atoms with E-state index < -0.39 is 11.2 Å². The van der Waals surface area contributed by atoms with Crippen LogP contribution >= 0.6 is 0 Å². The number of hydrogen-bond donors (Lipinski definition) is 1. The number of pyridine rings is 1. The summed E-state index contributed by atoms with van der Waals surface area (Å²) in [6, 6.07) is 9.46. The molecule has 0 spiro atoms. The van der Waals surface area contributed by atoms with Crippen molar-refractivity contribution in [1.29, 1.82) is 0 Å². The summed E-state index contributed by atoms with van der Waals surface area (Å²) in [5.74, 6) is -0.291. The van der Waals surface area contributed by atoms with Gasteiger partial charge in [-0.05, 0) is 44.2 Å². The minimum absolute atomic E-state index is 0.265. The van der Waals surface area contributed by atoms with Gasteiger partial charge in [-0.2, -0.15) is 0 Å². The average Bonchev–Trinajstić information content (AvgIpc) is 2.74. The van der Waals surface area contributed by atoms with E-state index in [1.54, 1.807) is 19.2 Å². The number of anilines is 1. The number of carbonyl (C=O) groups excluding carboxylic acids is 1. The largest absolute Gasteiger partial charge is 0.332 e. The number of amides is 1. The van der Waals surface area contributed by atoms with Crippen LogP contribution in [0.25, 0.3) is 11.0 Å². The minimum Gasteiger partial charge on any atom is -0.321 e. The first-order chi connectivity index (χ1) is 14.2. The molecule has 1 aromatic carbocycles. The number of fused-ring (bicyclic) bond motifs is 1. The number of benzene rings is 1. The maximum absolute atomic E-state index is 12.6. The maximum Gasteiger partial charge on any atom is 0.332 e. The molecule has 8 nitrogen and oxygen atoms in total. The van der Waals surface area contributed by atoms with Gasteiger partial charge in [-0.1, -0.05) is 19.1 Å². The molecule has 0 aliphatic heterocycles. The third-order valence-electron chi connectivity index (χ3n) is 5.29. The van der Waals surface area contributed by atoms with Crippen molar-refractivity contribution in [3.05, 3.63) is 68.5 Å². The molecule has 0 bridgehead atoms. The third-order valence-corrected chi connectivity index (χ3v) is 5.29. The summed E-state index contributed by atoms with van der Waals surface area (Å²) in [4.78, 5) is 43.6. The predicted molar refractivity (Wildman–Crippen MR) is 118 cm³/mol. The Morgan fingerprint density at radius 2 is 1.80 bits per heavy atom. The van der Waals surface area contributed by atoms with Gasteiger partial charge in [0.1, 0.15) is 5.65 Å². The van der Waals surface area contributed by atoms with Crippen LogP contribution in [-0.4, -0.2) is 37.5 Å². The Balaban J connectivity index is 1.81. The maximum atomic E-state index is 12.6. The van der Waals surface area contributed by atoms with Crippen LogP contribution in [0, 0.1) is 0 Å². The second-order valence-corrected chi connectivity index (χ2v) is 7.61. The standard InChI is InChI=1S/C22H27N5O3/c1-6-27(14(2)3)13-15-7-9-16(10-8-15)20(28)24-17-11-18-19(23-12-17)25(4)22(30)26(5)21(18)29/h7-12,14H,6,13H2,1-5H3,(H,24,28). The Labute approximate surface area is 174 Å². The molecule has 0 unspecified atom stereocenters. The van der Waals surface area contributed by atoms with Gasteiger partial charge in [0.05, 0.1) is 17.3 Å². The van der Waals surface area contributed by atoms with Gasteiger partial charge in [0.2, 0.25) is 0 Å². The zero-order valence-electron chi connectivity index (χ0n) is 18.0. The Bertz CT molecular complexity index is 1190. The minimum atomic E-state index is -0.452. The van der Waals surface area contributed by atoms with Crippen LogP contribution in [0.2, 0.25) is 0 Å². The van der Waals surface area contributed by atoms with Gasteiger partial charge >= 0.3 is 5.69 Å². The van der Waals surface area contributed by atoms with Crippen LogP contribution in [0.3, 0.4) is 0 Å². The second kappa shape index (κ2) is 8.62. The molecule has 30 heavy (non-hydrogen) atoms. The van der Waals surface area contributed by atoms with E-state index in [0.29, 0.717) is 17.3 Å². The first kappa shape index (κ1) is 21.4. The van der Waals surface area contributed by atoms with Gasteiger partial charge in [-0.3, -0.25) is 23.6 Å². The molecule has 2 heterocycles. The number of nitrogens with zero attached hydrogens (tertiary/aromatic N) is 4. The molecule has 3 rings (SSSR count). The molecule has 0 fully saturated rings. The molecule has 0 aliphatic rings. The number of nitrogens with one attached hydrogen (secondary N) is 1. The smallest absolute Gasteiger partial charge is 0.321 e. The number of aromatic nitrogens is 3. The highest BCUT2D eigenvalue weighted by Gasteiger charge is 2.13. The highest BCUT2D eigenvalue weighted by atomic mass is 16.2. The summed E-state index contributed by atoms with van der Waals surface area (Å²) in [5, 5.41) is 3.04. The van der Waals surface area contributed by atoms with Crippen molar-refractivity contribution in [2.45, 2.75) is 33.4 Å². The molecule has 0 radical (unpaired) electrons. The van der Waals surface area contributed by atoms with Gasteiger partial charge in [-0.15, -0.1) is 0 Å². The Hall–Kier alpha value is -3.26. The fraction of sp³-hybridized carbons (Fsp3) is 0.364. The molecule has 158 valence electrons. The normalized spacial score (nSPS) is 11.4. The molecule has 3 aromatic rings. The molecule has 0 saturated heterocycles. The van der Waals surface area contributed by atoms with Crippen molar-refractivity contribution < 1.29 is 4.79 Å². The highest BCUT2D eigenvalue weighted by molar-refractivity contribution is 6.04. The van der Waals surface area contributed by atoms with Crippen LogP contribution in [0.1, 0.15) is 36.7 Å². The van der Waals surface area contributed by atoms with E-state index in [0.717, 1.165) is 23.2 Å². The van der Waals surface area contributed by atoms with Crippen LogP contribution in [0.15, 0.2) is 46.1 Å². The van der Waals surface area contributed by atoms with Gasteiger partial charge < -0.3 is 5.32 Å². The summed E-state index contributed by atoms with van der Waals surface area (Å²) in [6.45, 7) is 8.24. The quantitative estimate of drug-likeness (QED) is 0.674. The van der Waals surface area contributed by atoms with Crippen LogP contribution in [-0.2, 0) is 20.6 Å². The van der Waals surface area contributed by atoms with Crippen molar-refractivity contribution in [3.8, 4) is 0 Å². The zero-order valence-corrected chi connectivity index (χ0v) is 18.0. The van der Waals surface area contributed by atoms with Crippen LogP contribution in [0.5, 0.6) is 0 Å². The number of hydrogen-bond acceptors (Lipinski definition) is 5. The molecule has 8 heteroatoms. The van der Waals surface area contributed by atoms with Crippen molar-refractivity contribution in [2.75, 3.05) is 11.9 Å². The fourth-order valence-electron chi connectivity index (χ4n) is 3.39. The summed E-state index contributed by atoms with van der Waals surface area (Å²) < 4.78 is 2.32. The number of rotatable bonds is 6. The Morgan fingerprint density at radius 1 is 1.13 bits per heavy atom. The average molecular weight is 409 g/mol. The van der Waals surface area contributed by atoms with E-state index in [1.165, 1.54) is 23.9 Å². The van der Waals surface area contributed by atoms with Gasteiger partial charge in [0.15, 0.2) is 0 Å². The second-order valence-electron chi connectivity index (χ2n) is 7.61. The van der Waals surface area contributed by atoms with Crippen LogP contribution < -0.4 is 16.6 Å². The van der Waals surface area contributed by atoms with Crippen molar-refractivity contribution >= 4 is 22.6 Å². The first-order valence-electron chi connectivity index (χ1n) is 9.93. The molecule has 1 N–H and O–H groups in total. The predicted octanol–water partition coefficient (Wildman–Crippen LogP) is 2.11. The first-order valence-corrected chi connectivity index (χ1v) is 9.93. The molecule has 0 atom stereocenters. The zero-order chi connectivity index (χ0) is 22.0. The topological polar surface area (TPSA) is 89.2 Å². The molecular formula is C22H27N5O3. The monoisotopic (exact) mass is 409 g/mol. The van der Waals surface area contributed by atoms with Gasteiger partial charge in [0.25, 0.3) is 11.5 Å². The van der Waals surface area contributed by atoms with Crippen LogP contribution in [0.4, 0.5) is 5.69 Å². The molecule has 0 saturated carbocycles. The van der Waals surface area contributed by atoms with E-state index in [-0.39, 0.29) is 16.9 Å². The van der Waals surface area contributed by atoms with E-state index in [9.17, 15) is 14.4 Å². The third kappa shape index (κ3) is 4.18. The summed E-state index contributed by atoms with van der Waals surface area (Å²) in [6.07, 6.45) is 1.44. The molecule has 1 amide bonds. The Morgan fingerprint density at radius 3 is 2.40 bits per heavy atom. The van der Waals surface area contributed by atoms with E-state index in [2.05, 4.69) is 36.0 Å². The summed E-state index contributed by atoms with van der Waals surface area (Å²) in [5.41, 5.74) is 1.42. The fourth-order valence-corrected chi connectivity index (χ4v) is 3.39. The SMILES string of the molecule is CCN(Cc1ccc(C(=O)Nc2cnc3c(c2)c(=O)n(C)c(=O)n3C)cc1)C(C)C. The lowest BCUT2D eigenvalue weighted by Gasteiger charge is -2.24. The van der Waals surface area contributed by atoms with E-state index in [4.69, 9.17) is 0 Å². The van der Waals surface area contributed by atoms with Crippen molar-refractivity contribution in [3.63, 3.8) is 0 Å². The molecular weight excluding hydrogens is 382 g/mol.